The minimum absolute atomic E-state index is 0.000549. The zero-order valence-corrected chi connectivity index (χ0v) is 11.3. The highest BCUT2D eigenvalue weighted by Gasteiger charge is 2.04. The van der Waals surface area contributed by atoms with Crippen LogP contribution in [-0.2, 0) is 6.61 Å². The maximum atomic E-state index is 12.9. The molecule has 100 valence electrons. The summed E-state index contributed by atoms with van der Waals surface area (Å²) in [5.41, 5.74) is 7.57. The van der Waals surface area contributed by atoms with Crippen molar-refractivity contribution < 1.29 is 9.13 Å². The number of nitrogens with two attached hydrogens (primary N) is 1. The van der Waals surface area contributed by atoms with Crippen LogP contribution in [0.3, 0.4) is 0 Å². The first-order valence-corrected chi connectivity index (χ1v) is 6.36. The summed E-state index contributed by atoms with van der Waals surface area (Å²) in [6, 6.07) is 11.8. The van der Waals surface area contributed by atoms with Crippen molar-refractivity contribution in [3.8, 4) is 5.75 Å². The van der Waals surface area contributed by atoms with Crippen LogP contribution in [-0.4, -0.2) is 0 Å². The van der Waals surface area contributed by atoms with Gasteiger partial charge >= 0.3 is 0 Å². The van der Waals surface area contributed by atoms with E-state index in [2.05, 4.69) is 0 Å². The van der Waals surface area contributed by atoms with E-state index in [1.54, 1.807) is 6.07 Å². The summed E-state index contributed by atoms with van der Waals surface area (Å²) in [6.45, 7) is 2.23. The molecule has 0 saturated carbocycles. The van der Waals surface area contributed by atoms with Crippen molar-refractivity contribution in [2.45, 2.75) is 19.6 Å². The largest absolute Gasteiger partial charge is 0.489 e. The van der Waals surface area contributed by atoms with Crippen LogP contribution >= 0.6 is 11.6 Å². The van der Waals surface area contributed by atoms with Gasteiger partial charge in [0.1, 0.15) is 18.2 Å². The van der Waals surface area contributed by atoms with E-state index in [4.69, 9.17) is 22.1 Å². The second kappa shape index (κ2) is 6.04. The molecule has 0 aliphatic rings. The smallest absolute Gasteiger partial charge is 0.124 e. The molecule has 1 atom stereocenters. The van der Waals surface area contributed by atoms with Crippen molar-refractivity contribution in [2.75, 3.05) is 0 Å². The van der Waals surface area contributed by atoms with E-state index in [9.17, 15) is 4.39 Å². The molecule has 2 nitrogen and oxygen atoms in total. The molecule has 0 aliphatic heterocycles. The minimum Gasteiger partial charge on any atom is -0.489 e. The standard InChI is InChI=1S/C15H15ClFNO/c1-10(18)11-3-6-14(7-4-11)19-9-12-2-5-13(17)8-15(12)16/h2-8,10H,9,18H2,1H3/t10-/m1/s1. The highest BCUT2D eigenvalue weighted by Crippen LogP contribution is 2.21. The van der Waals surface area contributed by atoms with Crippen molar-refractivity contribution in [1.29, 1.82) is 0 Å². The van der Waals surface area contributed by atoms with Crippen molar-refractivity contribution in [3.63, 3.8) is 0 Å². The van der Waals surface area contributed by atoms with Gasteiger partial charge in [-0.25, -0.2) is 4.39 Å². The third-order valence-electron chi connectivity index (χ3n) is 2.82. The molecule has 0 spiro atoms. The van der Waals surface area contributed by atoms with Crippen molar-refractivity contribution in [3.05, 3.63) is 64.4 Å². The predicted octanol–water partition coefficient (Wildman–Crippen LogP) is 4.08. The summed E-state index contributed by atoms with van der Waals surface area (Å²) in [5, 5.41) is 0.368. The molecule has 0 heterocycles. The fourth-order valence-corrected chi connectivity index (χ4v) is 1.89. The summed E-state index contributed by atoms with van der Waals surface area (Å²) in [5.74, 6) is 0.375. The van der Waals surface area contributed by atoms with Crippen LogP contribution in [0.2, 0.25) is 5.02 Å². The van der Waals surface area contributed by atoms with Crippen molar-refractivity contribution in [2.24, 2.45) is 5.73 Å². The van der Waals surface area contributed by atoms with Crippen LogP contribution in [0.25, 0.3) is 0 Å². The van der Waals surface area contributed by atoms with E-state index < -0.39 is 0 Å². The van der Waals surface area contributed by atoms with E-state index in [0.29, 0.717) is 11.6 Å². The lowest BCUT2D eigenvalue weighted by Gasteiger charge is -2.10. The first-order chi connectivity index (χ1) is 9.06. The molecule has 4 heteroatoms. The van der Waals surface area contributed by atoms with Gasteiger partial charge in [-0.2, -0.15) is 0 Å². The second-order valence-electron chi connectivity index (χ2n) is 4.38. The highest BCUT2D eigenvalue weighted by molar-refractivity contribution is 6.31. The summed E-state index contributed by atoms with van der Waals surface area (Å²) < 4.78 is 18.5. The molecule has 19 heavy (non-hydrogen) atoms. The molecule has 0 fully saturated rings. The Balaban J connectivity index is 2.02. The van der Waals surface area contributed by atoms with Gasteiger partial charge in [0.05, 0.1) is 5.02 Å². The molecule has 0 amide bonds. The van der Waals surface area contributed by atoms with Gasteiger partial charge < -0.3 is 10.5 Å². The monoisotopic (exact) mass is 279 g/mol. The lowest BCUT2D eigenvalue weighted by Crippen LogP contribution is -2.04. The Morgan fingerprint density at radius 1 is 1.21 bits per heavy atom. The molecule has 2 aromatic rings. The number of ether oxygens (including phenoxy) is 1. The third kappa shape index (κ3) is 3.69. The predicted molar refractivity (Wildman–Crippen MR) is 74.8 cm³/mol. The van der Waals surface area contributed by atoms with Gasteiger partial charge in [-0.3, -0.25) is 0 Å². The van der Waals surface area contributed by atoms with Gasteiger partial charge in [0, 0.05) is 11.6 Å². The highest BCUT2D eigenvalue weighted by atomic mass is 35.5. The summed E-state index contributed by atoms with van der Waals surface area (Å²) in [7, 11) is 0. The number of hydrogen-bond acceptors (Lipinski definition) is 2. The maximum absolute atomic E-state index is 12.9. The van der Waals surface area contributed by atoms with Crippen LogP contribution in [0.5, 0.6) is 5.75 Å². The number of benzene rings is 2. The SMILES string of the molecule is C[C@@H](N)c1ccc(OCc2ccc(F)cc2Cl)cc1. The minimum atomic E-state index is -0.352. The molecular weight excluding hydrogens is 265 g/mol. The normalized spacial score (nSPS) is 12.2. The van der Waals surface area contributed by atoms with Gasteiger partial charge in [-0.05, 0) is 36.8 Å². The Hall–Kier alpha value is -1.58. The molecule has 2 N–H and O–H groups in total. The molecule has 0 saturated heterocycles. The van der Waals surface area contributed by atoms with Gasteiger partial charge in [0.15, 0.2) is 0 Å². The lowest BCUT2D eigenvalue weighted by molar-refractivity contribution is 0.306. The van der Waals surface area contributed by atoms with Crippen LogP contribution in [0, 0.1) is 5.82 Å². The molecule has 0 unspecified atom stereocenters. The van der Waals surface area contributed by atoms with E-state index >= 15 is 0 Å². The molecule has 0 aliphatic carbocycles. The fraction of sp³-hybridized carbons (Fsp3) is 0.200. The zero-order valence-electron chi connectivity index (χ0n) is 10.6. The van der Waals surface area contributed by atoms with Gasteiger partial charge in [-0.15, -0.1) is 0 Å². The average molecular weight is 280 g/mol. The summed E-state index contributed by atoms with van der Waals surface area (Å²) in [6.07, 6.45) is 0. The van der Waals surface area contributed by atoms with Crippen LogP contribution in [0.1, 0.15) is 24.1 Å². The topological polar surface area (TPSA) is 35.2 Å². The Kier molecular flexibility index (Phi) is 4.40. The van der Waals surface area contributed by atoms with Gasteiger partial charge in [0.2, 0.25) is 0 Å². The van der Waals surface area contributed by atoms with E-state index in [1.165, 1.54) is 12.1 Å². The quantitative estimate of drug-likeness (QED) is 0.915. The molecule has 0 bridgehead atoms. The second-order valence-corrected chi connectivity index (χ2v) is 4.79. The Morgan fingerprint density at radius 2 is 1.89 bits per heavy atom. The van der Waals surface area contributed by atoms with Crippen molar-refractivity contribution in [1.82, 2.24) is 0 Å². The third-order valence-corrected chi connectivity index (χ3v) is 3.17. The van der Waals surface area contributed by atoms with Gasteiger partial charge in [-0.1, -0.05) is 29.8 Å². The summed E-state index contributed by atoms with van der Waals surface area (Å²) >= 11 is 5.93. The number of halogens is 2. The summed E-state index contributed by atoms with van der Waals surface area (Å²) in [4.78, 5) is 0. The van der Waals surface area contributed by atoms with E-state index in [1.807, 2.05) is 31.2 Å². The molecule has 2 rings (SSSR count). The molecular formula is C15H15ClFNO. The van der Waals surface area contributed by atoms with Crippen molar-refractivity contribution >= 4 is 11.6 Å². The molecule has 2 aromatic carbocycles. The van der Waals surface area contributed by atoms with Crippen LogP contribution < -0.4 is 10.5 Å². The first-order valence-electron chi connectivity index (χ1n) is 5.98. The van der Waals surface area contributed by atoms with E-state index in [0.717, 1.165) is 16.9 Å². The molecule has 0 aromatic heterocycles. The maximum Gasteiger partial charge on any atom is 0.124 e. The first kappa shape index (κ1) is 13.8. The van der Waals surface area contributed by atoms with Crippen LogP contribution in [0.4, 0.5) is 4.39 Å². The average Bonchev–Trinajstić information content (AvgIpc) is 2.38. The molecule has 0 radical (unpaired) electrons. The Bertz CT molecular complexity index is 555. The lowest BCUT2D eigenvalue weighted by atomic mass is 10.1. The Labute approximate surface area is 117 Å². The Morgan fingerprint density at radius 3 is 2.47 bits per heavy atom. The number of hydrogen-bond donors (Lipinski definition) is 1. The van der Waals surface area contributed by atoms with Gasteiger partial charge in [0.25, 0.3) is 0 Å². The van der Waals surface area contributed by atoms with Crippen LogP contribution in [0.15, 0.2) is 42.5 Å². The number of rotatable bonds is 4. The fourth-order valence-electron chi connectivity index (χ4n) is 1.67. The van der Waals surface area contributed by atoms with E-state index in [-0.39, 0.29) is 11.9 Å². The zero-order chi connectivity index (χ0) is 13.8.